The van der Waals surface area contributed by atoms with E-state index in [-0.39, 0.29) is 25.7 Å². The van der Waals surface area contributed by atoms with Gasteiger partial charge in [-0.15, -0.1) is 0 Å². The number of aliphatic hydroxyl groups is 1. The zero-order valence-corrected chi connectivity index (χ0v) is 63.2. The summed E-state index contributed by atoms with van der Waals surface area (Å²) in [5, 5.41) is 10.6. The van der Waals surface area contributed by atoms with Crippen LogP contribution >= 0.6 is 15.6 Å². The maximum Gasteiger partial charge on any atom is 0.472 e. The monoisotopic (exact) mass is 1380 g/mol. The van der Waals surface area contributed by atoms with Gasteiger partial charge in [-0.3, -0.25) is 37.3 Å². The van der Waals surface area contributed by atoms with Gasteiger partial charge in [-0.1, -0.05) is 331 Å². The minimum absolute atomic E-state index is 0.106. The van der Waals surface area contributed by atoms with Crippen LogP contribution in [-0.4, -0.2) is 96.7 Å². The van der Waals surface area contributed by atoms with Crippen LogP contribution in [0.3, 0.4) is 0 Å². The molecule has 3 unspecified atom stereocenters. The number of carbonyl (C=O) groups excluding carboxylic acids is 4. The SMILES string of the molecule is CCCCCCCCCCCCCC(=O)O[C@H](COC(=O)CCCCCCCCC(C)CC)COP(=O)(O)OC[C@H](O)COP(=O)(O)OC[C@@H](COC(=O)CCCCCCCCCCCCCCC(C)C)OC(=O)CCCCCCCCCCCCCCCCCC(C)C. The summed E-state index contributed by atoms with van der Waals surface area (Å²) < 4.78 is 68.5. The minimum Gasteiger partial charge on any atom is -0.462 e. The zero-order valence-electron chi connectivity index (χ0n) is 61.4. The summed E-state index contributed by atoms with van der Waals surface area (Å²) in [5.41, 5.74) is 0. The van der Waals surface area contributed by atoms with Crippen LogP contribution in [0.15, 0.2) is 0 Å². The summed E-state index contributed by atoms with van der Waals surface area (Å²) in [6.07, 6.45) is 51.3. The van der Waals surface area contributed by atoms with E-state index in [2.05, 4.69) is 48.5 Å². The normalized spacial score (nSPS) is 14.4. The lowest BCUT2D eigenvalue weighted by atomic mass is 10.00. The van der Waals surface area contributed by atoms with Crippen LogP contribution in [0.5, 0.6) is 0 Å². The van der Waals surface area contributed by atoms with Gasteiger partial charge in [0.05, 0.1) is 26.4 Å². The van der Waals surface area contributed by atoms with Crippen molar-refractivity contribution in [2.75, 3.05) is 39.6 Å². The van der Waals surface area contributed by atoms with Crippen LogP contribution in [0.1, 0.15) is 382 Å². The maximum atomic E-state index is 13.1. The minimum atomic E-state index is -4.96. The van der Waals surface area contributed by atoms with Gasteiger partial charge >= 0.3 is 39.5 Å². The summed E-state index contributed by atoms with van der Waals surface area (Å²) in [6.45, 7) is 11.9. The number of aliphatic hydroxyl groups excluding tert-OH is 1. The first-order valence-electron chi connectivity index (χ1n) is 38.9. The van der Waals surface area contributed by atoms with Crippen LogP contribution < -0.4 is 0 Å². The third kappa shape index (κ3) is 67.3. The van der Waals surface area contributed by atoms with Crippen LogP contribution in [0.4, 0.5) is 0 Å². The molecule has 558 valence electrons. The Kier molecular flexibility index (Phi) is 64.3. The van der Waals surface area contributed by atoms with Gasteiger partial charge in [0.1, 0.15) is 19.3 Å². The van der Waals surface area contributed by atoms with Crippen molar-refractivity contribution in [1.82, 2.24) is 0 Å². The van der Waals surface area contributed by atoms with Crippen molar-refractivity contribution in [3.05, 3.63) is 0 Å². The Labute approximate surface area is 575 Å². The first-order chi connectivity index (χ1) is 45.3. The van der Waals surface area contributed by atoms with E-state index in [4.69, 9.17) is 37.0 Å². The fourth-order valence-corrected chi connectivity index (χ4v) is 13.0. The average Bonchev–Trinajstić information content (AvgIpc) is 1.46. The van der Waals surface area contributed by atoms with Crippen LogP contribution in [0.25, 0.3) is 0 Å². The molecular weight excluding hydrogens is 1230 g/mol. The fraction of sp³-hybridized carbons (Fsp3) is 0.947. The number of ether oxygens (including phenoxy) is 4. The summed E-state index contributed by atoms with van der Waals surface area (Å²) >= 11 is 0. The Bertz CT molecular complexity index is 1840. The van der Waals surface area contributed by atoms with Gasteiger partial charge in [0.15, 0.2) is 12.2 Å². The first-order valence-corrected chi connectivity index (χ1v) is 41.9. The lowest BCUT2D eigenvalue weighted by Gasteiger charge is -2.21. The Balaban J connectivity index is 5.24. The highest BCUT2D eigenvalue weighted by Gasteiger charge is 2.30. The molecule has 0 amide bonds. The van der Waals surface area contributed by atoms with E-state index in [1.54, 1.807) is 0 Å². The molecule has 0 aliphatic rings. The smallest absolute Gasteiger partial charge is 0.462 e. The van der Waals surface area contributed by atoms with E-state index in [1.807, 2.05) is 0 Å². The van der Waals surface area contributed by atoms with Gasteiger partial charge in [0, 0.05) is 25.7 Å². The third-order valence-corrected chi connectivity index (χ3v) is 19.6. The lowest BCUT2D eigenvalue weighted by Crippen LogP contribution is -2.30. The fourth-order valence-electron chi connectivity index (χ4n) is 11.4. The van der Waals surface area contributed by atoms with E-state index >= 15 is 0 Å². The molecule has 0 aliphatic heterocycles. The molecule has 0 aromatic carbocycles. The summed E-state index contributed by atoms with van der Waals surface area (Å²) in [7, 11) is -9.91. The highest BCUT2D eigenvalue weighted by Crippen LogP contribution is 2.45. The van der Waals surface area contributed by atoms with Crippen molar-refractivity contribution in [3.8, 4) is 0 Å². The molecule has 0 fully saturated rings. The number of phosphoric acid groups is 2. The Morgan fingerprint density at radius 3 is 0.809 bits per heavy atom. The molecule has 17 nitrogen and oxygen atoms in total. The van der Waals surface area contributed by atoms with Crippen molar-refractivity contribution in [2.24, 2.45) is 17.8 Å². The van der Waals surface area contributed by atoms with Gasteiger partial charge in [0.2, 0.25) is 0 Å². The van der Waals surface area contributed by atoms with Gasteiger partial charge in [0.25, 0.3) is 0 Å². The number of hydrogen-bond donors (Lipinski definition) is 3. The first kappa shape index (κ1) is 92.1. The molecule has 19 heteroatoms. The second-order valence-corrected chi connectivity index (χ2v) is 31.1. The molecule has 0 radical (unpaired) electrons. The largest absolute Gasteiger partial charge is 0.472 e. The van der Waals surface area contributed by atoms with Crippen molar-refractivity contribution in [3.63, 3.8) is 0 Å². The lowest BCUT2D eigenvalue weighted by molar-refractivity contribution is -0.161. The zero-order chi connectivity index (χ0) is 69.4. The quantitative estimate of drug-likeness (QED) is 0.0222. The number of carbonyl (C=O) groups is 4. The molecule has 0 bridgehead atoms. The van der Waals surface area contributed by atoms with Crippen molar-refractivity contribution in [2.45, 2.75) is 401 Å². The Morgan fingerprint density at radius 2 is 0.543 bits per heavy atom. The number of hydrogen-bond acceptors (Lipinski definition) is 15. The highest BCUT2D eigenvalue weighted by molar-refractivity contribution is 7.47. The van der Waals surface area contributed by atoms with Gasteiger partial charge < -0.3 is 33.8 Å². The van der Waals surface area contributed by atoms with E-state index in [1.165, 1.54) is 186 Å². The summed E-state index contributed by atoms with van der Waals surface area (Å²) in [6, 6.07) is 0. The van der Waals surface area contributed by atoms with Crippen LogP contribution in [0, 0.1) is 17.8 Å². The molecule has 0 rings (SSSR count). The predicted octanol–water partition coefficient (Wildman–Crippen LogP) is 21.8. The molecule has 0 saturated heterocycles. The van der Waals surface area contributed by atoms with Crippen molar-refractivity contribution >= 4 is 39.5 Å². The molecular formula is C75H146O17P2. The second kappa shape index (κ2) is 65.7. The molecule has 0 saturated carbocycles. The predicted molar refractivity (Wildman–Crippen MR) is 381 cm³/mol. The van der Waals surface area contributed by atoms with Crippen molar-refractivity contribution < 1.29 is 80.2 Å². The highest BCUT2D eigenvalue weighted by atomic mass is 31.2. The third-order valence-electron chi connectivity index (χ3n) is 17.7. The molecule has 0 spiro atoms. The number of rotatable bonds is 73. The van der Waals surface area contributed by atoms with E-state index in [0.717, 1.165) is 114 Å². The molecule has 0 aromatic heterocycles. The van der Waals surface area contributed by atoms with E-state index < -0.39 is 97.5 Å². The van der Waals surface area contributed by atoms with E-state index in [0.29, 0.717) is 25.7 Å². The summed E-state index contributed by atoms with van der Waals surface area (Å²) in [4.78, 5) is 72.7. The van der Waals surface area contributed by atoms with Crippen LogP contribution in [-0.2, 0) is 65.4 Å². The number of phosphoric ester groups is 2. The average molecular weight is 1380 g/mol. The van der Waals surface area contributed by atoms with Gasteiger partial charge in [-0.25, -0.2) is 9.13 Å². The Morgan fingerprint density at radius 1 is 0.309 bits per heavy atom. The molecule has 6 atom stereocenters. The Hall–Kier alpha value is -1.94. The number of esters is 4. The van der Waals surface area contributed by atoms with Crippen LogP contribution in [0.2, 0.25) is 0 Å². The van der Waals surface area contributed by atoms with Gasteiger partial charge in [-0.2, -0.15) is 0 Å². The number of unbranched alkanes of at least 4 members (excludes halogenated alkanes) is 40. The maximum absolute atomic E-state index is 13.1. The molecule has 0 heterocycles. The van der Waals surface area contributed by atoms with E-state index in [9.17, 15) is 43.2 Å². The standard InChI is InChI=1S/C75H146O17P2/c1-8-10-11-12-13-14-22-30-35-44-51-58-74(79)92-71(63-86-73(78)57-50-43-38-37-41-48-55-68(7)9-2)65-90-94(83,84)88-61-69(76)60-87-93(81,82)89-64-70(62-85-72(77)56-49-42-34-29-25-21-20-24-28-33-40-47-54-67(5)6)91-75(80)59-52-45-36-31-26-19-17-15-16-18-23-27-32-39-46-53-66(3)4/h66-71,76H,8-65H2,1-7H3,(H,81,82)(H,83,84)/t68?,69-,70-,71-/m1/s1. The molecule has 0 aliphatic carbocycles. The van der Waals surface area contributed by atoms with Crippen molar-refractivity contribution in [1.29, 1.82) is 0 Å². The van der Waals surface area contributed by atoms with Gasteiger partial charge in [-0.05, 0) is 43.4 Å². The molecule has 3 N–H and O–H groups in total. The molecule has 0 aromatic rings. The summed E-state index contributed by atoms with van der Waals surface area (Å²) in [5.74, 6) is 0.196. The molecule has 94 heavy (non-hydrogen) atoms. The topological polar surface area (TPSA) is 237 Å². The second-order valence-electron chi connectivity index (χ2n) is 28.2.